The van der Waals surface area contributed by atoms with E-state index in [-0.39, 0.29) is 0 Å². The molecule has 0 bridgehead atoms. The van der Waals surface area contributed by atoms with Crippen LogP contribution in [0.25, 0.3) is 0 Å². The van der Waals surface area contributed by atoms with E-state index in [0.29, 0.717) is 24.3 Å². The molecule has 20 heavy (non-hydrogen) atoms. The number of hydrogen-bond donors (Lipinski definition) is 0. The van der Waals surface area contributed by atoms with E-state index in [1.165, 1.54) is 6.07 Å². The van der Waals surface area contributed by atoms with Crippen LogP contribution < -0.4 is 0 Å². The van der Waals surface area contributed by atoms with Gasteiger partial charge in [0.2, 0.25) is 0 Å². The fourth-order valence-corrected chi connectivity index (χ4v) is 2.00. The van der Waals surface area contributed by atoms with Crippen LogP contribution in [0, 0.1) is 0 Å². The number of halogens is 2. The van der Waals surface area contributed by atoms with E-state index < -0.39 is 11.9 Å². The van der Waals surface area contributed by atoms with E-state index in [1.807, 2.05) is 0 Å². The van der Waals surface area contributed by atoms with Crippen LogP contribution in [0.2, 0.25) is 0 Å². The quantitative estimate of drug-likeness (QED) is 0.236. The molecule has 1 aromatic carbocycles. The van der Waals surface area contributed by atoms with Crippen LogP contribution in [0.15, 0.2) is 24.3 Å². The summed E-state index contributed by atoms with van der Waals surface area (Å²) < 4.78 is 12.1. The van der Waals surface area contributed by atoms with Crippen LogP contribution in [0.3, 0.4) is 0 Å². The van der Waals surface area contributed by atoms with E-state index >= 15 is 0 Å². The van der Waals surface area contributed by atoms with E-state index in [4.69, 9.17) is 9.47 Å². The maximum absolute atomic E-state index is 11.8. The van der Waals surface area contributed by atoms with Crippen molar-refractivity contribution in [2.45, 2.75) is 12.8 Å². The van der Waals surface area contributed by atoms with Gasteiger partial charge in [-0.3, -0.25) is 0 Å². The Balaban J connectivity index is 2.60. The van der Waals surface area contributed by atoms with Crippen molar-refractivity contribution in [1.82, 2.24) is 0 Å². The van der Waals surface area contributed by atoms with Crippen LogP contribution in [0.5, 0.6) is 0 Å². The predicted octanol–water partition coefficient (Wildman–Crippen LogP) is 3.65. The predicted molar refractivity (Wildman–Crippen MR) is 94.0 cm³/mol. The van der Waals surface area contributed by atoms with Gasteiger partial charge in [0.05, 0.1) is 24.3 Å². The van der Waals surface area contributed by atoms with Gasteiger partial charge in [0.15, 0.2) is 0 Å². The van der Waals surface area contributed by atoms with Gasteiger partial charge in [-0.2, -0.15) is 0 Å². The van der Waals surface area contributed by atoms with Gasteiger partial charge in [0, 0.05) is 8.86 Å². The lowest BCUT2D eigenvalue weighted by Gasteiger charge is -2.06. The number of rotatable bonds is 8. The fourth-order valence-electron chi connectivity index (χ4n) is 1.38. The third-order valence-corrected chi connectivity index (χ3v) is 3.88. The van der Waals surface area contributed by atoms with Gasteiger partial charge in [-0.15, -0.1) is 0 Å². The molecule has 0 aliphatic carbocycles. The van der Waals surface area contributed by atoms with E-state index in [2.05, 4.69) is 45.2 Å². The standard InChI is InChI=1S/C14H16I2O4/c15-6-2-8-19-13(17)11-4-1-5-12(10-11)14(18)20-9-3-7-16/h1,4-5,10H,2-3,6-9H2. The molecule has 0 unspecified atom stereocenters. The summed E-state index contributed by atoms with van der Waals surface area (Å²) in [5.74, 6) is -0.812. The van der Waals surface area contributed by atoms with Gasteiger partial charge in [-0.05, 0) is 31.0 Å². The highest BCUT2D eigenvalue weighted by Gasteiger charge is 2.12. The maximum atomic E-state index is 11.8. The molecule has 0 fully saturated rings. The molecule has 0 N–H and O–H groups in total. The molecule has 110 valence electrons. The first-order valence-corrected chi connectivity index (χ1v) is 9.30. The van der Waals surface area contributed by atoms with Crippen LogP contribution in [0.4, 0.5) is 0 Å². The van der Waals surface area contributed by atoms with Crippen molar-refractivity contribution in [2.24, 2.45) is 0 Å². The van der Waals surface area contributed by atoms with Crippen LogP contribution in [-0.4, -0.2) is 34.0 Å². The Morgan fingerprint density at radius 3 is 1.75 bits per heavy atom. The zero-order valence-electron chi connectivity index (χ0n) is 10.9. The monoisotopic (exact) mass is 502 g/mol. The molecule has 0 heterocycles. The van der Waals surface area contributed by atoms with E-state index in [1.54, 1.807) is 18.2 Å². The Bertz CT molecular complexity index is 411. The lowest BCUT2D eigenvalue weighted by Crippen LogP contribution is -2.10. The Labute approximate surface area is 145 Å². The molecule has 0 amide bonds. The van der Waals surface area contributed by atoms with Crippen molar-refractivity contribution in [3.05, 3.63) is 35.4 Å². The normalized spacial score (nSPS) is 10.1. The number of alkyl halides is 2. The number of carbonyl (C=O) groups is 2. The second-order valence-electron chi connectivity index (χ2n) is 3.94. The largest absolute Gasteiger partial charge is 0.462 e. The molecule has 1 rings (SSSR count). The van der Waals surface area contributed by atoms with E-state index in [0.717, 1.165) is 21.7 Å². The summed E-state index contributed by atoms with van der Waals surface area (Å²) in [7, 11) is 0. The first-order chi connectivity index (χ1) is 9.69. The first kappa shape index (κ1) is 17.7. The minimum Gasteiger partial charge on any atom is -0.462 e. The average molecular weight is 502 g/mol. The number of esters is 2. The second kappa shape index (κ2) is 10.4. The fraction of sp³-hybridized carbons (Fsp3) is 0.429. The molecular weight excluding hydrogens is 486 g/mol. The topological polar surface area (TPSA) is 52.6 Å². The zero-order valence-corrected chi connectivity index (χ0v) is 15.3. The van der Waals surface area contributed by atoms with Gasteiger partial charge in [0.25, 0.3) is 0 Å². The number of carbonyl (C=O) groups excluding carboxylic acids is 2. The minimum absolute atomic E-state index is 0.377. The van der Waals surface area contributed by atoms with Gasteiger partial charge < -0.3 is 9.47 Å². The Morgan fingerprint density at radius 1 is 0.900 bits per heavy atom. The molecule has 0 saturated carbocycles. The minimum atomic E-state index is -0.406. The summed E-state index contributed by atoms with van der Waals surface area (Å²) in [5.41, 5.74) is 0.753. The number of hydrogen-bond acceptors (Lipinski definition) is 4. The van der Waals surface area contributed by atoms with Crippen molar-refractivity contribution in [2.75, 3.05) is 22.1 Å². The summed E-state index contributed by atoms with van der Waals surface area (Å²) in [6.45, 7) is 0.790. The maximum Gasteiger partial charge on any atom is 0.338 e. The van der Waals surface area contributed by atoms with Crippen molar-refractivity contribution in [3.8, 4) is 0 Å². The third-order valence-electron chi connectivity index (χ3n) is 2.36. The molecule has 0 aliphatic rings. The lowest BCUT2D eigenvalue weighted by molar-refractivity contribution is 0.0505. The molecule has 4 nitrogen and oxygen atoms in total. The average Bonchev–Trinajstić information content (AvgIpc) is 2.47. The molecule has 0 saturated heterocycles. The van der Waals surface area contributed by atoms with E-state index in [9.17, 15) is 9.59 Å². The molecule has 0 atom stereocenters. The summed E-state index contributed by atoms with van der Waals surface area (Å²) >= 11 is 4.45. The zero-order chi connectivity index (χ0) is 14.8. The summed E-state index contributed by atoms with van der Waals surface area (Å²) in [4.78, 5) is 23.6. The molecular formula is C14H16I2O4. The van der Waals surface area contributed by atoms with Crippen molar-refractivity contribution < 1.29 is 19.1 Å². The Kier molecular flexibility index (Phi) is 9.16. The molecule has 1 aromatic rings. The van der Waals surface area contributed by atoms with Gasteiger partial charge in [-0.1, -0.05) is 51.2 Å². The lowest BCUT2D eigenvalue weighted by atomic mass is 10.1. The molecule has 0 aliphatic heterocycles. The first-order valence-electron chi connectivity index (χ1n) is 6.25. The van der Waals surface area contributed by atoms with Crippen LogP contribution in [0.1, 0.15) is 33.6 Å². The second-order valence-corrected chi connectivity index (χ2v) is 6.10. The highest BCUT2D eigenvalue weighted by atomic mass is 127. The van der Waals surface area contributed by atoms with Gasteiger partial charge >= 0.3 is 11.9 Å². The van der Waals surface area contributed by atoms with Crippen LogP contribution in [-0.2, 0) is 9.47 Å². The summed E-state index contributed by atoms with van der Waals surface area (Å²) in [5, 5.41) is 0. The smallest absolute Gasteiger partial charge is 0.338 e. The molecule has 6 heteroatoms. The van der Waals surface area contributed by atoms with Crippen molar-refractivity contribution in [1.29, 1.82) is 0 Å². The number of benzene rings is 1. The molecule has 0 spiro atoms. The van der Waals surface area contributed by atoms with Gasteiger partial charge in [-0.25, -0.2) is 9.59 Å². The van der Waals surface area contributed by atoms with Gasteiger partial charge in [0.1, 0.15) is 0 Å². The summed E-state index contributed by atoms with van der Waals surface area (Å²) in [6.07, 6.45) is 1.65. The highest BCUT2D eigenvalue weighted by Crippen LogP contribution is 2.09. The highest BCUT2D eigenvalue weighted by molar-refractivity contribution is 14.1. The Hall–Kier alpha value is -0.380. The third kappa shape index (κ3) is 6.38. The van der Waals surface area contributed by atoms with Crippen LogP contribution >= 0.6 is 45.2 Å². The molecule has 0 aromatic heterocycles. The van der Waals surface area contributed by atoms with Crippen molar-refractivity contribution >= 4 is 57.1 Å². The molecule has 0 radical (unpaired) electrons. The SMILES string of the molecule is O=C(OCCCI)c1cccc(C(=O)OCCCI)c1. The van der Waals surface area contributed by atoms with Crippen molar-refractivity contribution in [3.63, 3.8) is 0 Å². The summed E-state index contributed by atoms with van der Waals surface area (Å²) in [6, 6.07) is 6.44. The number of ether oxygens (including phenoxy) is 2. The Morgan fingerprint density at radius 2 is 1.35 bits per heavy atom.